The van der Waals surface area contributed by atoms with E-state index in [0.29, 0.717) is 11.4 Å². The van der Waals surface area contributed by atoms with Crippen LogP contribution in [0.25, 0.3) is 6.08 Å². The molecule has 0 atom stereocenters. The van der Waals surface area contributed by atoms with Gasteiger partial charge in [0.15, 0.2) is 0 Å². The lowest BCUT2D eigenvalue weighted by Gasteiger charge is -2.12. The zero-order chi connectivity index (χ0) is 15.9. The number of hydrogen-bond acceptors (Lipinski definition) is 3. The van der Waals surface area contributed by atoms with Crippen molar-refractivity contribution in [2.75, 3.05) is 0 Å². The Kier molecular flexibility index (Phi) is 5.26. The van der Waals surface area contributed by atoms with Crippen LogP contribution in [0, 0.1) is 5.41 Å². The maximum Gasteiger partial charge on any atom is 0.116 e. The van der Waals surface area contributed by atoms with Crippen LogP contribution in [0.4, 0.5) is 0 Å². The van der Waals surface area contributed by atoms with Crippen LogP contribution in [0.2, 0.25) is 0 Å². The monoisotopic (exact) mass is 291 g/mol. The first-order valence-electron chi connectivity index (χ1n) is 7.32. The molecule has 3 nitrogen and oxygen atoms in total. The molecule has 22 heavy (non-hydrogen) atoms. The van der Waals surface area contributed by atoms with E-state index in [9.17, 15) is 0 Å². The number of nitrogens with one attached hydrogen (secondary N) is 2. The van der Waals surface area contributed by atoms with E-state index in [1.54, 1.807) is 6.08 Å². The molecule has 0 spiro atoms. The van der Waals surface area contributed by atoms with Crippen molar-refractivity contribution >= 4 is 17.5 Å². The van der Waals surface area contributed by atoms with Gasteiger partial charge in [0.25, 0.3) is 0 Å². The molecule has 3 heteroatoms. The minimum absolute atomic E-state index is 0.209. The van der Waals surface area contributed by atoms with Crippen molar-refractivity contribution in [2.24, 2.45) is 5.10 Å². The molecule has 112 valence electrons. The van der Waals surface area contributed by atoms with E-state index in [-0.39, 0.29) is 6.04 Å². The molecule has 0 saturated carbocycles. The normalized spacial score (nSPS) is 11.3. The first-order chi connectivity index (χ1) is 10.6. The number of hydrogen-bond donors (Lipinski definition) is 2. The van der Waals surface area contributed by atoms with Gasteiger partial charge in [-0.3, -0.25) is 5.41 Å². The van der Waals surface area contributed by atoms with E-state index in [0.717, 1.165) is 16.7 Å². The SMILES string of the molecule is C=Cc1cccc(/C(=N/NC(C)C)C(=N)c2ccccc2)c1. The second-order valence-corrected chi connectivity index (χ2v) is 5.31. The molecule has 0 amide bonds. The van der Waals surface area contributed by atoms with Crippen molar-refractivity contribution in [1.29, 1.82) is 5.41 Å². The summed E-state index contributed by atoms with van der Waals surface area (Å²) in [4.78, 5) is 0. The first kappa shape index (κ1) is 15.7. The summed E-state index contributed by atoms with van der Waals surface area (Å²) in [5.74, 6) is 0. The van der Waals surface area contributed by atoms with Gasteiger partial charge in [-0.15, -0.1) is 0 Å². The molecule has 0 heterocycles. The smallest absolute Gasteiger partial charge is 0.116 e. The lowest BCUT2D eigenvalue weighted by atomic mass is 9.98. The van der Waals surface area contributed by atoms with Crippen molar-refractivity contribution in [2.45, 2.75) is 19.9 Å². The summed E-state index contributed by atoms with van der Waals surface area (Å²) < 4.78 is 0. The Labute approximate surface area is 131 Å². The van der Waals surface area contributed by atoms with Crippen molar-refractivity contribution in [1.82, 2.24) is 5.43 Å². The van der Waals surface area contributed by atoms with Gasteiger partial charge in [-0.1, -0.05) is 61.2 Å². The minimum Gasteiger partial charge on any atom is -0.307 e. The largest absolute Gasteiger partial charge is 0.307 e. The first-order valence-corrected chi connectivity index (χ1v) is 7.32. The van der Waals surface area contributed by atoms with E-state index in [1.165, 1.54) is 0 Å². The predicted molar refractivity (Wildman–Crippen MR) is 94.6 cm³/mol. The van der Waals surface area contributed by atoms with Crippen LogP contribution in [0.3, 0.4) is 0 Å². The Balaban J connectivity index is 2.44. The zero-order valence-electron chi connectivity index (χ0n) is 13.0. The molecule has 0 aromatic heterocycles. The van der Waals surface area contributed by atoms with Crippen molar-refractivity contribution < 1.29 is 0 Å². The van der Waals surface area contributed by atoms with E-state index in [1.807, 2.05) is 68.4 Å². The van der Waals surface area contributed by atoms with Gasteiger partial charge in [0.05, 0.1) is 5.71 Å². The van der Waals surface area contributed by atoms with E-state index in [4.69, 9.17) is 5.41 Å². The van der Waals surface area contributed by atoms with Crippen LogP contribution >= 0.6 is 0 Å². The van der Waals surface area contributed by atoms with Crippen molar-refractivity contribution in [3.8, 4) is 0 Å². The molecule has 0 radical (unpaired) electrons. The van der Waals surface area contributed by atoms with Crippen LogP contribution in [-0.4, -0.2) is 17.5 Å². The molecule has 0 unspecified atom stereocenters. The standard InChI is InChI=1S/C19H21N3/c1-4-15-9-8-12-17(13-15)19(22-21-14(2)3)18(20)16-10-6-5-7-11-16/h4-14,20-21H,1H2,2-3H3/b20-18?,22-19-. The topological polar surface area (TPSA) is 48.2 Å². The molecule has 0 bridgehead atoms. The van der Waals surface area contributed by atoms with Crippen molar-refractivity contribution in [3.63, 3.8) is 0 Å². The highest BCUT2D eigenvalue weighted by molar-refractivity contribution is 6.52. The van der Waals surface area contributed by atoms with Crippen LogP contribution in [-0.2, 0) is 0 Å². The number of nitrogens with zero attached hydrogens (tertiary/aromatic N) is 1. The third-order valence-electron chi connectivity index (χ3n) is 3.13. The van der Waals surface area contributed by atoms with Crippen molar-refractivity contribution in [3.05, 3.63) is 77.9 Å². The summed E-state index contributed by atoms with van der Waals surface area (Å²) in [5, 5.41) is 13.0. The van der Waals surface area contributed by atoms with Gasteiger partial charge in [-0.2, -0.15) is 5.10 Å². The van der Waals surface area contributed by atoms with Gasteiger partial charge in [-0.25, -0.2) is 0 Å². The molecule has 0 aliphatic heterocycles. The highest BCUT2D eigenvalue weighted by Crippen LogP contribution is 2.12. The van der Waals surface area contributed by atoms with Gasteiger partial charge >= 0.3 is 0 Å². The third-order valence-corrected chi connectivity index (χ3v) is 3.13. The number of hydrazone groups is 1. The summed E-state index contributed by atoms with van der Waals surface area (Å²) >= 11 is 0. The summed E-state index contributed by atoms with van der Waals surface area (Å²) in [6, 6.07) is 17.7. The summed E-state index contributed by atoms with van der Waals surface area (Å²) in [6.07, 6.45) is 1.79. The van der Waals surface area contributed by atoms with Crippen LogP contribution in [0.5, 0.6) is 0 Å². The Morgan fingerprint density at radius 2 is 1.77 bits per heavy atom. The highest BCUT2D eigenvalue weighted by Gasteiger charge is 2.13. The molecule has 2 aromatic carbocycles. The summed E-state index contributed by atoms with van der Waals surface area (Å²) in [5.41, 5.74) is 6.84. The molecule has 2 N–H and O–H groups in total. The van der Waals surface area contributed by atoms with Gasteiger partial charge in [-0.05, 0) is 25.5 Å². The van der Waals surface area contributed by atoms with Gasteiger partial charge in [0.2, 0.25) is 0 Å². The molecular formula is C19H21N3. The second-order valence-electron chi connectivity index (χ2n) is 5.31. The molecular weight excluding hydrogens is 270 g/mol. The quantitative estimate of drug-likeness (QED) is 0.611. The van der Waals surface area contributed by atoms with E-state index < -0.39 is 0 Å². The molecule has 2 rings (SSSR count). The minimum atomic E-state index is 0.209. The molecule has 0 aliphatic carbocycles. The summed E-state index contributed by atoms with van der Waals surface area (Å²) in [7, 11) is 0. The lowest BCUT2D eigenvalue weighted by Crippen LogP contribution is -2.24. The molecule has 0 aliphatic rings. The molecule has 0 saturated heterocycles. The van der Waals surface area contributed by atoms with E-state index >= 15 is 0 Å². The Hall–Kier alpha value is -2.68. The summed E-state index contributed by atoms with van der Waals surface area (Å²) in [6.45, 7) is 7.84. The fourth-order valence-electron chi connectivity index (χ4n) is 2.01. The van der Waals surface area contributed by atoms with E-state index in [2.05, 4.69) is 17.1 Å². The van der Waals surface area contributed by atoms with Crippen LogP contribution in [0.1, 0.15) is 30.5 Å². The Bertz CT molecular complexity index is 685. The third kappa shape index (κ3) is 3.92. The molecule has 0 fully saturated rings. The fourth-order valence-corrected chi connectivity index (χ4v) is 2.01. The maximum absolute atomic E-state index is 8.50. The highest BCUT2D eigenvalue weighted by atomic mass is 15.3. The van der Waals surface area contributed by atoms with Gasteiger partial charge in [0, 0.05) is 17.2 Å². The number of rotatable bonds is 6. The predicted octanol–water partition coefficient (Wildman–Crippen LogP) is 4.10. The van der Waals surface area contributed by atoms with Crippen LogP contribution in [0.15, 0.2) is 66.3 Å². The maximum atomic E-state index is 8.50. The average Bonchev–Trinajstić information content (AvgIpc) is 2.55. The molecule has 2 aromatic rings. The Morgan fingerprint density at radius 3 is 2.41 bits per heavy atom. The van der Waals surface area contributed by atoms with Gasteiger partial charge < -0.3 is 5.43 Å². The lowest BCUT2D eigenvalue weighted by molar-refractivity contribution is 0.621. The zero-order valence-corrected chi connectivity index (χ0v) is 13.0. The fraction of sp³-hybridized carbons (Fsp3) is 0.158. The Morgan fingerprint density at radius 1 is 1.09 bits per heavy atom. The van der Waals surface area contributed by atoms with Crippen LogP contribution < -0.4 is 5.43 Å². The van der Waals surface area contributed by atoms with Gasteiger partial charge in [0.1, 0.15) is 5.71 Å². The number of benzene rings is 2. The average molecular weight is 291 g/mol. The second kappa shape index (κ2) is 7.36.